The summed E-state index contributed by atoms with van der Waals surface area (Å²) >= 11 is 0. The van der Waals surface area contributed by atoms with E-state index in [9.17, 15) is 0 Å². The van der Waals surface area contributed by atoms with Crippen molar-refractivity contribution in [1.29, 1.82) is 0 Å². The Kier molecular flexibility index (Phi) is 5.60. The first-order valence-corrected chi connectivity index (χ1v) is 10.1. The van der Waals surface area contributed by atoms with E-state index in [1.165, 1.54) is 5.56 Å². The number of aryl methyl sites for hydroxylation is 2. The number of pyridine rings is 1. The Morgan fingerprint density at radius 3 is 2.45 bits per heavy atom. The molecule has 4 rings (SSSR count). The van der Waals surface area contributed by atoms with E-state index in [-0.39, 0.29) is 6.61 Å². The maximum atomic E-state index is 9.16. The second kappa shape index (κ2) is 8.31. The third kappa shape index (κ3) is 4.46. The van der Waals surface area contributed by atoms with Crippen molar-refractivity contribution in [3.63, 3.8) is 0 Å². The lowest BCUT2D eigenvalue weighted by atomic mass is 10.0. The number of nitrogens with two attached hydrogens (primary N) is 1. The average Bonchev–Trinajstić information content (AvgIpc) is 2.69. The Balaban J connectivity index is 1.38. The van der Waals surface area contributed by atoms with Crippen molar-refractivity contribution in [3.05, 3.63) is 52.7 Å². The Hall–Kier alpha value is -2.77. The van der Waals surface area contributed by atoms with Gasteiger partial charge in [-0.05, 0) is 49.4 Å². The molecule has 0 saturated carbocycles. The zero-order valence-corrected chi connectivity index (χ0v) is 17.0. The first-order chi connectivity index (χ1) is 14.0. The first-order valence-electron chi connectivity index (χ1n) is 10.1. The SMILES string of the molecule is Cc1cc(C)c2c(N)nc(NC3CCN(Cc4ccc(CO)cc4)CC3)nc2n1. The van der Waals surface area contributed by atoms with Crippen LogP contribution in [-0.2, 0) is 13.2 Å². The second-order valence-corrected chi connectivity index (χ2v) is 7.88. The number of rotatable bonds is 5. The van der Waals surface area contributed by atoms with Crippen LogP contribution in [0.15, 0.2) is 30.3 Å². The topological polar surface area (TPSA) is 100 Å². The predicted octanol–water partition coefficient (Wildman–Crippen LogP) is 2.79. The third-order valence-corrected chi connectivity index (χ3v) is 5.55. The van der Waals surface area contributed by atoms with Crippen LogP contribution in [0.5, 0.6) is 0 Å². The molecule has 0 bridgehead atoms. The fraction of sp³-hybridized carbons (Fsp3) is 0.409. The van der Waals surface area contributed by atoms with Crippen molar-refractivity contribution in [2.24, 2.45) is 0 Å². The summed E-state index contributed by atoms with van der Waals surface area (Å²) < 4.78 is 0. The lowest BCUT2D eigenvalue weighted by Crippen LogP contribution is -2.39. The number of aromatic nitrogens is 3. The number of nitrogens with zero attached hydrogens (tertiary/aromatic N) is 4. The zero-order valence-electron chi connectivity index (χ0n) is 17.0. The van der Waals surface area contributed by atoms with Crippen LogP contribution in [0.3, 0.4) is 0 Å². The molecule has 1 aliphatic heterocycles. The van der Waals surface area contributed by atoms with Gasteiger partial charge in [-0.25, -0.2) is 4.98 Å². The Bertz CT molecular complexity index is 996. The van der Waals surface area contributed by atoms with E-state index < -0.39 is 0 Å². The van der Waals surface area contributed by atoms with E-state index in [4.69, 9.17) is 10.8 Å². The Morgan fingerprint density at radius 1 is 1.07 bits per heavy atom. The summed E-state index contributed by atoms with van der Waals surface area (Å²) in [5.41, 5.74) is 11.0. The molecule has 7 heteroatoms. The Labute approximate surface area is 171 Å². The zero-order chi connectivity index (χ0) is 20.4. The van der Waals surface area contributed by atoms with Gasteiger partial charge in [0.2, 0.25) is 5.95 Å². The molecule has 3 aromatic rings. The van der Waals surface area contributed by atoms with Gasteiger partial charge in [-0.15, -0.1) is 0 Å². The number of aliphatic hydroxyl groups is 1. The molecule has 0 unspecified atom stereocenters. The van der Waals surface area contributed by atoms with Gasteiger partial charge in [-0.3, -0.25) is 4.90 Å². The highest BCUT2D eigenvalue weighted by Crippen LogP contribution is 2.24. The normalized spacial score (nSPS) is 15.7. The molecule has 29 heavy (non-hydrogen) atoms. The van der Waals surface area contributed by atoms with Gasteiger partial charge in [0.15, 0.2) is 5.65 Å². The van der Waals surface area contributed by atoms with Crippen LogP contribution >= 0.6 is 0 Å². The molecule has 7 nitrogen and oxygen atoms in total. The molecule has 4 N–H and O–H groups in total. The Morgan fingerprint density at radius 2 is 1.76 bits per heavy atom. The molecule has 0 spiro atoms. The van der Waals surface area contributed by atoms with Crippen molar-refractivity contribution >= 4 is 22.8 Å². The number of anilines is 2. The molecule has 0 aliphatic carbocycles. The van der Waals surface area contributed by atoms with Crippen LogP contribution in [0.1, 0.15) is 35.2 Å². The highest BCUT2D eigenvalue weighted by Gasteiger charge is 2.20. The number of nitrogen functional groups attached to an aromatic ring is 1. The smallest absolute Gasteiger partial charge is 0.226 e. The summed E-state index contributed by atoms with van der Waals surface area (Å²) in [4.78, 5) is 16.1. The van der Waals surface area contributed by atoms with Crippen molar-refractivity contribution in [1.82, 2.24) is 19.9 Å². The standard InChI is InChI=1S/C22H28N6O/c1-14-11-15(2)24-21-19(14)20(23)26-22(27-21)25-18-7-9-28(10-8-18)12-16-3-5-17(13-29)6-4-16/h3-6,11,18,29H,7-10,12-13H2,1-2H3,(H3,23,24,25,26,27). The number of hydrogen-bond acceptors (Lipinski definition) is 7. The molecular formula is C22H28N6O. The molecule has 1 fully saturated rings. The monoisotopic (exact) mass is 392 g/mol. The summed E-state index contributed by atoms with van der Waals surface area (Å²) in [5, 5.41) is 13.5. The summed E-state index contributed by atoms with van der Waals surface area (Å²) in [5.74, 6) is 1.04. The van der Waals surface area contributed by atoms with Crippen LogP contribution < -0.4 is 11.1 Å². The van der Waals surface area contributed by atoms with Gasteiger partial charge in [-0.2, -0.15) is 9.97 Å². The summed E-state index contributed by atoms with van der Waals surface area (Å²) in [6, 6.07) is 10.5. The fourth-order valence-corrected chi connectivity index (χ4v) is 4.00. The summed E-state index contributed by atoms with van der Waals surface area (Å²) in [6.45, 7) is 7.02. The largest absolute Gasteiger partial charge is 0.392 e. The van der Waals surface area contributed by atoms with Crippen molar-refractivity contribution in [2.45, 2.75) is 45.9 Å². The molecule has 0 radical (unpaired) electrons. The van der Waals surface area contributed by atoms with Crippen LogP contribution in [0.25, 0.3) is 11.0 Å². The van der Waals surface area contributed by atoms with Gasteiger partial charge in [0.25, 0.3) is 0 Å². The predicted molar refractivity (Wildman–Crippen MR) is 116 cm³/mol. The number of nitrogens with one attached hydrogen (secondary N) is 1. The molecule has 152 valence electrons. The van der Waals surface area contributed by atoms with Crippen molar-refractivity contribution in [3.8, 4) is 0 Å². The highest BCUT2D eigenvalue weighted by molar-refractivity contribution is 5.89. The lowest BCUT2D eigenvalue weighted by Gasteiger charge is -2.32. The van der Waals surface area contributed by atoms with Gasteiger partial charge in [0, 0.05) is 31.4 Å². The van der Waals surface area contributed by atoms with Gasteiger partial charge in [-0.1, -0.05) is 24.3 Å². The second-order valence-electron chi connectivity index (χ2n) is 7.88. The molecule has 2 aromatic heterocycles. The number of fused-ring (bicyclic) bond motifs is 1. The van der Waals surface area contributed by atoms with Gasteiger partial charge in [0.1, 0.15) is 5.82 Å². The minimum atomic E-state index is 0.0906. The number of benzene rings is 1. The van der Waals surface area contributed by atoms with E-state index in [1.54, 1.807) is 0 Å². The van der Waals surface area contributed by atoms with Crippen LogP contribution in [0.4, 0.5) is 11.8 Å². The fourth-order valence-electron chi connectivity index (χ4n) is 4.00. The van der Waals surface area contributed by atoms with Crippen molar-refractivity contribution in [2.75, 3.05) is 24.1 Å². The van der Waals surface area contributed by atoms with Crippen molar-refractivity contribution < 1.29 is 5.11 Å². The molecule has 0 atom stereocenters. The lowest BCUT2D eigenvalue weighted by molar-refractivity contribution is 0.211. The molecule has 1 aliphatic rings. The number of likely N-dealkylation sites (tertiary alicyclic amines) is 1. The highest BCUT2D eigenvalue weighted by atomic mass is 16.3. The number of hydrogen-bond donors (Lipinski definition) is 3. The van der Waals surface area contributed by atoms with Crippen LogP contribution in [0, 0.1) is 13.8 Å². The molecule has 1 aromatic carbocycles. The van der Waals surface area contributed by atoms with E-state index >= 15 is 0 Å². The maximum absolute atomic E-state index is 9.16. The summed E-state index contributed by atoms with van der Waals surface area (Å²) in [6.07, 6.45) is 2.05. The first kappa shape index (κ1) is 19.5. The average molecular weight is 393 g/mol. The van der Waals surface area contributed by atoms with E-state index in [0.717, 1.165) is 54.7 Å². The third-order valence-electron chi connectivity index (χ3n) is 5.55. The maximum Gasteiger partial charge on any atom is 0.226 e. The minimum absolute atomic E-state index is 0.0906. The number of aliphatic hydroxyl groups excluding tert-OH is 1. The molecular weight excluding hydrogens is 364 g/mol. The minimum Gasteiger partial charge on any atom is -0.392 e. The van der Waals surface area contributed by atoms with Gasteiger partial charge in [0.05, 0.1) is 12.0 Å². The molecule has 1 saturated heterocycles. The quantitative estimate of drug-likeness (QED) is 0.614. The summed E-state index contributed by atoms with van der Waals surface area (Å²) in [7, 11) is 0. The molecule has 0 amide bonds. The van der Waals surface area contributed by atoms with Gasteiger partial charge >= 0.3 is 0 Å². The number of piperidine rings is 1. The van der Waals surface area contributed by atoms with Crippen LogP contribution in [0.2, 0.25) is 0 Å². The van der Waals surface area contributed by atoms with Crippen LogP contribution in [-0.4, -0.2) is 44.1 Å². The van der Waals surface area contributed by atoms with E-state index in [0.29, 0.717) is 23.5 Å². The van der Waals surface area contributed by atoms with Gasteiger partial charge < -0.3 is 16.2 Å². The van der Waals surface area contributed by atoms with E-state index in [2.05, 4.69) is 37.3 Å². The molecule has 3 heterocycles. The van der Waals surface area contributed by atoms with E-state index in [1.807, 2.05) is 32.0 Å².